The Kier molecular flexibility index (Phi) is 4.94. The van der Waals surface area contributed by atoms with Gasteiger partial charge in [0.15, 0.2) is 11.5 Å². The summed E-state index contributed by atoms with van der Waals surface area (Å²) in [5, 5.41) is 13.5. The molecule has 2 aromatic carbocycles. The summed E-state index contributed by atoms with van der Waals surface area (Å²) in [7, 11) is 0. The van der Waals surface area contributed by atoms with Crippen LogP contribution in [0.3, 0.4) is 0 Å². The molecule has 3 rings (SSSR count). The number of nitro benzene ring substituents is 1. The molecule has 1 aliphatic rings. The van der Waals surface area contributed by atoms with Gasteiger partial charge in [-0.15, -0.1) is 0 Å². The van der Waals surface area contributed by atoms with E-state index < -0.39 is 4.92 Å². The van der Waals surface area contributed by atoms with Crippen molar-refractivity contribution in [3.05, 3.63) is 70.3 Å². The molecule has 0 saturated heterocycles. The fourth-order valence-corrected chi connectivity index (χ4v) is 2.35. The van der Waals surface area contributed by atoms with Gasteiger partial charge in [0.2, 0.25) is 5.91 Å². The quantitative estimate of drug-likeness (QED) is 0.513. The summed E-state index contributed by atoms with van der Waals surface area (Å²) in [6, 6.07) is 13.4. The van der Waals surface area contributed by atoms with Gasteiger partial charge in [-0.1, -0.05) is 24.3 Å². The van der Waals surface area contributed by atoms with Crippen molar-refractivity contribution >= 4 is 17.7 Å². The van der Waals surface area contributed by atoms with Gasteiger partial charge >= 0.3 is 0 Å². The molecule has 1 N–H and O–H groups in total. The number of ether oxygens (including phenoxy) is 2. The lowest BCUT2D eigenvalue weighted by Gasteiger charge is -2.26. The third-order valence-corrected chi connectivity index (χ3v) is 3.58. The second-order valence-corrected chi connectivity index (χ2v) is 5.43. The Morgan fingerprint density at radius 3 is 2.84 bits per heavy atom. The molecule has 0 spiro atoms. The molecule has 1 heterocycles. The normalized spacial score (nSPS) is 15.8. The number of rotatable bonds is 5. The average molecular weight is 340 g/mol. The third kappa shape index (κ3) is 4.35. The number of nitrogens with zero attached hydrogens (tertiary/aromatic N) is 1. The zero-order chi connectivity index (χ0) is 17.6. The highest BCUT2D eigenvalue weighted by Gasteiger charge is 2.20. The van der Waals surface area contributed by atoms with Gasteiger partial charge in [0.05, 0.1) is 11.5 Å². The fourth-order valence-electron chi connectivity index (χ4n) is 2.35. The van der Waals surface area contributed by atoms with Gasteiger partial charge in [-0.3, -0.25) is 14.9 Å². The monoisotopic (exact) mass is 340 g/mol. The maximum absolute atomic E-state index is 11.9. The summed E-state index contributed by atoms with van der Waals surface area (Å²) >= 11 is 0. The van der Waals surface area contributed by atoms with Crippen LogP contribution >= 0.6 is 0 Å². The van der Waals surface area contributed by atoms with E-state index in [9.17, 15) is 14.9 Å². The first-order valence-electron chi connectivity index (χ1n) is 7.70. The van der Waals surface area contributed by atoms with Crippen molar-refractivity contribution < 1.29 is 19.2 Å². The minimum Gasteiger partial charge on any atom is -0.486 e. The molecule has 0 bridgehead atoms. The van der Waals surface area contributed by atoms with Crippen LogP contribution in [0.4, 0.5) is 5.69 Å². The molecule has 128 valence electrons. The zero-order valence-electron chi connectivity index (χ0n) is 13.3. The SMILES string of the molecule is O=C(C=Cc1cccc([N+](=O)[O-])c1)NCC1COc2ccccc2O1. The van der Waals surface area contributed by atoms with Crippen LogP contribution < -0.4 is 14.8 Å². The summed E-state index contributed by atoms with van der Waals surface area (Å²) < 4.78 is 11.3. The first-order valence-corrected chi connectivity index (χ1v) is 7.70. The minimum absolute atomic E-state index is 0.0195. The molecule has 0 aliphatic carbocycles. The van der Waals surface area contributed by atoms with Crippen LogP contribution in [-0.4, -0.2) is 30.1 Å². The fraction of sp³-hybridized carbons (Fsp3) is 0.167. The van der Waals surface area contributed by atoms with Gasteiger partial charge in [0, 0.05) is 18.2 Å². The van der Waals surface area contributed by atoms with E-state index in [0.717, 1.165) is 0 Å². The number of hydrogen-bond acceptors (Lipinski definition) is 5. The van der Waals surface area contributed by atoms with Crippen molar-refractivity contribution in [2.45, 2.75) is 6.10 Å². The summed E-state index contributed by atoms with van der Waals surface area (Å²) in [6.07, 6.45) is 2.58. The number of hydrogen-bond donors (Lipinski definition) is 1. The maximum atomic E-state index is 11.9. The Balaban J connectivity index is 1.52. The van der Waals surface area contributed by atoms with E-state index in [2.05, 4.69) is 5.32 Å². The molecule has 0 saturated carbocycles. The third-order valence-electron chi connectivity index (χ3n) is 3.58. The molecule has 2 aromatic rings. The summed E-state index contributed by atoms with van der Waals surface area (Å²) in [6.45, 7) is 0.651. The van der Waals surface area contributed by atoms with E-state index >= 15 is 0 Å². The number of carbonyl (C=O) groups is 1. The highest BCUT2D eigenvalue weighted by Crippen LogP contribution is 2.30. The summed E-state index contributed by atoms with van der Waals surface area (Å²) in [4.78, 5) is 22.2. The van der Waals surface area contributed by atoms with Gasteiger partial charge < -0.3 is 14.8 Å². The molecule has 7 nitrogen and oxygen atoms in total. The van der Waals surface area contributed by atoms with Crippen LogP contribution in [-0.2, 0) is 4.79 Å². The second-order valence-electron chi connectivity index (χ2n) is 5.43. The number of benzene rings is 2. The number of nitrogens with one attached hydrogen (secondary N) is 1. The summed E-state index contributed by atoms with van der Waals surface area (Å²) in [5.41, 5.74) is 0.560. The molecular formula is C18H16N2O5. The lowest BCUT2D eigenvalue weighted by molar-refractivity contribution is -0.384. The van der Waals surface area contributed by atoms with E-state index in [1.807, 2.05) is 24.3 Å². The lowest BCUT2D eigenvalue weighted by Crippen LogP contribution is -2.40. The predicted octanol–water partition coefficient (Wildman–Crippen LogP) is 2.56. The van der Waals surface area contributed by atoms with Crippen LogP contribution in [0.5, 0.6) is 11.5 Å². The molecule has 25 heavy (non-hydrogen) atoms. The maximum Gasteiger partial charge on any atom is 0.270 e. The van der Waals surface area contributed by atoms with E-state index in [-0.39, 0.29) is 17.7 Å². The standard InChI is InChI=1S/C18H16N2O5/c21-18(9-8-13-4-3-5-14(10-13)20(22)23)19-11-15-12-24-16-6-1-2-7-17(16)25-15/h1-10,15H,11-12H2,(H,19,21). The summed E-state index contributed by atoms with van der Waals surface area (Å²) in [5.74, 6) is 1.03. The van der Waals surface area contributed by atoms with Crippen molar-refractivity contribution in [2.75, 3.05) is 13.2 Å². The molecule has 1 unspecified atom stereocenters. The first-order chi connectivity index (χ1) is 12.1. The van der Waals surface area contributed by atoms with Gasteiger partial charge in [0.1, 0.15) is 12.7 Å². The Labute approximate surface area is 144 Å². The number of carbonyl (C=O) groups excluding carboxylic acids is 1. The molecule has 1 aliphatic heterocycles. The Morgan fingerprint density at radius 2 is 2.04 bits per heavy atom. The average Bonchev–Trinajstić information content (AvgIpc) is 2.64. The number of nitro groups is 1. The van der Waals surface area contributed by atoms with E-state index in [1.165, 1.54) is 24.3 Å². The van der Waals surface area contributed by atoms with Gasteiger partial charge in [-0.2, -0.15) is 0 Å². The van der Waals surface area contributed by atoms with Crippen LogP contribution in [0.25, 0.3) is 6.08 Å². The largest absolute Gasteiger partial charge is 0.486 e. The highest BCUT2D eigenvalue weighted by atomic mass is 16.6. The molecule has 0 fully saturated rings. The number of non-ortho nitro benzene ring substituents is 1. The van der Waals surface area contributed by atoms with E-state index in [1.54, 1.807) is 12.1 Å². The highest BCUT2D eigenvalue weighted by molar-refractivity contribution is 5.91. The van der Waals surface area contributed by atoms with Crippen molar-refractivity contribution in [1.29, 1.82) is 0 Å². The van der Waals surface area contributed by atoms with E-state index in [4.69, 9.17) is 9.47 Å². The minimum atomic E-state index is -0.477. The topological polar surface area (TPSA) is 90.7 Å². The number of amides is 1. The Bertz CT molecular complexity index is 819. The second kappa shape index (κ2) is 7.48. The molecular weight excluding hydrogens is 324 g/mol. The molecule has 0 radical (unpaired) electrons. The van der Waals surface area contributed by atoms with E-state index in [0.29, 0.717) is 30.2 Å². The molecule has 0 aromatic heterocycles. The Hall–Kier alpha value is -3.35. The van der Waals surface area contributed by atoms with Crippen molar-refractivity contribution in [2.24, 2.45) is 0 Å². The van der Waals surface area contributed by atoms with Gasteiger partial charge in [0.25, 0.3) is 5.69 Å². The van der Waals surface area contributed by atoms with Crippen LogP contribution in [0.15, 0.2) is 54.6 Å². The molecule has 7 heteroatoms. The van der Waals surface area contributed by atoms with Crippen molar-refractivity contribution in [3.8, 4) is 11.5 Å². The Morgan fingerprint density at radius 1 is 1.24 bits per heavy atom. The number of fused-ring (bicyclic) bond motifs is 1. The van der Waals surface area contributed by atoms with Crippen LogP contribution in [0.1, 0.15) is 5.56 Å². The van der Waals surface area contributed by atoms with Crippen molar-refractivity contribution in [1.82, 2.24) is 5.32 Å². The number of para-hydroxylation sites is 2. The smallest absolute Gasteiger partial charge is 0.270 e. The van der Waals surface area contributed by atoms with Gasteiger partial charge in [-0.05, 0) is 23.8 Å². The van der Waals surface area contributed by atoms with Gasteiger partial charge in [-0.25, -0.2) is 0 Å². The zero-order valence-corrected chi connectivity index (χ0v) is 13.3. The predicted molar refractivity (Wildman–Crippen MR) is 91.5 cm³/mol. The molecule has 1 amide bonds. The van der Waals surface area contributed by atoms with Crippen LogP contribution in [0, 0.1) is 10.1 Å². The van der Waals surface area contributed by atoms with Crippen molar-refractivity contribution in [3.63, 3.8) is 0 Å². The first kappa shape index (κ1) is 16.5. The molecule has 1 atom stereocenters. The van der Waals surface area contributed by atoms with Crippen LogP contribution in [0.2, 0.25) is 0 Å². The lowest BCUT2D eigenvalue weighted by atomic mass is 10.2.